The van der Waals surface area contributed by atoms with Gasteiger partial charge in [-0.25, -0.2) is 0 Å². The second-order valence-electron chi connectivity index (χ2n) is 4.01. The van der Waals surface area contributed by atoms with E-state index in [9.17, 15) is 5.11 Å². The van der Waals surface area contributed by atoms with Crippen LogP contribution in [0, 0.1) is 0 Å². The minimum atomic E-state index is 0.239. The zero-order chi connectivity index (χ0) is 12.8. The molecule has 3 heteroatoms. The Kier molecular flexibility index (Phi) is 4.65. The number of nitrogens with zero attached hydrogens (tertiary/aromatic N) is 1. The zero-order valence-electron chi connectivity index (χ0n) is 10.2. The van der Waals surface area contributed by atoms with E-state index >= 15 is 0 Å². The second kappa shape index (κ2) is 6.45. The van der Waals surface area contributed by atoms with Gasteiger partial charge in [-0.3, -0.25) is 4.98 Å². The molecule has 2 nitrogen and oxygen atoms in total. The van der Waals surface area contributed by atoms with Gasteiger partial charge in [-0.15, -0.1) is 0 Å². The Morgan fingerprint density at radius 2 is 1.56 bits per heavy atom. The molecule has 0 bridgehead atoms. The molecule has 3 aromatic rings. The number of rotatable bonds is 0. The van der Waals surface area contributed by atoms with Gasteiger partial charge in [-0.1, -0.05) is 18.2 Å². The topological polar surface area (TPSA) is 33.1 Å². The average molecular weight is 339 g/mol. The number of benzene rings is 2. The SMILES string of the molecule is Oc1cccc2cccnc12.[InH2][c]1ccccc1. The van der Waals surface area contributed by atoms with Gasteiger partial charge in [0, 0.05) is 11.6 Å². The van der Waals surface area contributed by atoms with E-state index in [-0.39, 0.29) is 5.75 Å². The van der Waals surface area contributed by atoms with Crippen molar-refractivity contribution in [2.75, 3.05) is 0 Å². The molecule has 1 N–H and O–H groups in total. The Bertz CT molecular complexity index is 620. The standard InChI is InChI=1S/C9H7NO.C6H5.In.2H/c11-8-5-1-3-7-4-2-6-10-9(7)8;1-2-4-6-5-3-1;;;/h1-6,11H;1-5H;;;. The van der Waals surface area contributed by atoms with Gasteiger partial charge in [0.15, 0.2) is 0 Å². The molecule has 0 unspecified atom stereocenters. The number of fused-ring (bicyclic) bond motifs is 1. The van der Waals surface area contributed by atoms with Gasteiger partial charge in [0.2, 0.25) is 0 Å². The van der Waals surface area contributed by atoms with Gasteiger partial charge < -0.3 is 5.11 Å². The first-order valence-corrected chi connectivity index (χ1v) is 8.67. The Morgan fingerprint density at radius 3 is 2.17 bits per heavy atom. The van der Waals surface area contributed by atoms with E-state index in [4.69, 9.17) is 0 Å². The number of aromatic hydroxyl groups is 1. The summed E-state index contributed by atoms with van der Waals surface area (Å²) >= 11 is 0.708. The summed E-state index contributed by atoms with van der Waals surface area (Å²) < 4.78 is 1.53. The third-order valence-corrected chi connectivity index (χ3v) is 4.45. The monoisotopic (exact) mass is 339 g/mol. The quantitative estimate of drug-likeness (QED) is 0.679. The number of aromatic nitrogens is 1. The molecule has 0 saturated carbocycles. The van der Waals surface area contributed by atoms with Crippen molar-refractivity contribution in [3.63, 3.8) is 0 Å². The van der Waals surface area contributed by atoms with Crippen molar-refractivity contribution in [3.8, 4) is 5.75 Å². The van der Waals surface area contributed by atoms with E-state index in [0.717, 1.165) is 5.39 Å². The van der Waals surface area contributed by atoms with Crippen molar-refractivity contribution in [1.82, 2.24) is 4.98 Å². The van der Waals surface area contributed by atoms with Crippen LogP contribution in [0.1, 0.15) is 0 Å². The molecular formula is C15H14InNO. The fourth-order valence-electron chi connectivity index (χ4n) is 1.62. The van der Waals surface area contributed by atoms with Crippen LogP contribution in [0.2, 0.25) is 0 Å². The van der Waals surface area contributed by atoms with Gasteiger partial charge in [0.05, 0.1) is 0 Å². The molecule has 0 aliphatic carbocycles. The first kappa shape index (κ1) is 13.0. The molecule has 0 aliphatic rings. The van der Waals surface area contributed by atoms with Crippen molar-refractivity contribution in [2.24, 2.45) is 0 Å². The van der Waals surface area contributed by atoms with Crippen LogP contribution >= 0.6 is 0 Å². The van der Waals surface area contributed by atoms with Crippen LogP contribution in [0.3, 0.4) is 0 Å². The predicted molar refractivity (Wildman–Crippen MR) is 78.0 cm³/mol. The van der Waals surface area contributed by atoms with E-state index in [1.165, 1.54) is 3.32 Å². The number of para-hydroxylation sites is 1. The van der Waals surface area contributed by atoms with Gasteiger partial charge in [0.1, 0.15) is 11.3 Å². The minimum absolute atomic E-state index is 0.239. The molecule has 0 atom stereocenters. The summed E-state index contributed by atoms with van der Waals surface area (Å²) in [4.78, 5) is 4.03. The van der Waals surface area contributed by atoms with Crippen LogP contribution in [0.25, 0.3) is 10.9 Å². The third-order valence-electron chi connectivity index (χ3n) is 2.55. The summed E-state index contributed by atoms with van der Waals surface area (Å²) in [7, 11) is 0. The predicted octanol–water partition coefficient (Wildman–Crippen LogP) is 1.89. The molecule has 0 aliphatic heterocycles. The summed E-state index contributed by atoms with van der Waals surface area (Å²) in [5.41, 5.74) is 0.662. The zero-order valence-corrected chi connectivity index (χ0v) is 16.0. The molecule has 3 rings (SSSR count). The molecule has 2 aromatic carbocycles. The summed E-state index contributed by atoms with van der Waals surface area (Å²) in [5.74, 6) is 0.239. The summed E-state index contributed by atoms with van der Waals surface area (Å²) in [5, 5.41) is 10.3. The molecule has 1 heterocycles. The Balaban J connectivity index is 0.000000149. The molecule has 1 aromatic heterocycles. The van der Waals surface area contributed by atoms with Crippen LogP contribution in [0.5, 0.6) is 5.75 Å². The van der Waals surface area contributed by atoms with Gasteiger partial charge in [-0.2, -0.15) is 0 Å². The number of phenols is 1. The molecular weight excluding hydrogens is 325 g/mol. The van der Waals surface area contributed by atoms with E-state index in [2.05, 4.69) is 35.3 Å². The summed E-state index contributed by atoms with van der Waals surface area (Å²) in [6.07, 6.45) is 1.67. The van der Waals surface area contributed by atoms with Gasteiger partial charge in [0.25, 0.3) is 0 Å². The maximum absolute atomic E-state index is 9.31. The van der Waals surface area contributed by atoms with Crippen molar-refractivity contribution >= 4 is 38.6 Å². The number of hydrogen-bond donors (Lipinski definition) is 1. The van der Waals surface area contributed by atoms with Crippen molar-refractivity contribution < 1.29 is 5.11 Å². The molecule has 0 saturated heterocycles. The Hall–Kier alpha value is -1.48. The molecule has 0 spiro atoms. The van der Waals surface area contributed by atoms with E-state index in [1.54, 1.807) is 18.3 Å². The van der Waals surface area contributed by atoms with Crippen molar-refractivity contribution in [1.29, 1.82) is 0 Å². The van der Waals surface area contributed by atoms with Crippen molar-refractivity contribution in [2.45, 2.75) is 0 Å². The van der Waals surface area contributed by atoms with Crippen molar-refractivity contribution in [3.05, 3.63) is 66.9 Å². The molecule has 0 amide bonds. The second-order valence-corrected chi connectivity index (χ2v) is 7.30. The molecule has 18 heavy (non-hydrogen) atoms. The van der Waals surface area contributed by atoms with Crippen LogP contribution in [0.4, 0.5) is 0 Å². The average Bonchev–Trinajstić information content (AvgIpc) is 2.41. The molecule has 0 radical (unpaired) electrons. The first-order valence-electron chi connectivity index (χ1n) is 5.82. The fourth-order valence-corrected chi connectivity index (χ4v) is 2.72. The first-order chi connectivity index (χ1) is 8.77. The van der Waals surface area contributed by atoms with E-state index in [1.807, 2.05) is 18.2 Å². The Labute approximate surface area is 121 Å². The fraction of sp³-hybridized carbons (Fsp3) is 0. The normalized spacial score (nSPS) is 9.56. The van der Waals surface area contributed by atoms with Crippen LogP contribution < -0.4 is 3.32 Å². The third kappa shape index (κ3) is 3.50. The van der Waals surface area contributed by atoms with Crippen LogP contribution in [-0.4, -0.2) is 34.5 Å². The van der Waals surface area contributed by atoms with E-state index < -0.39 is 0 Å². The van der Waals surface area contributed by atoms with Crippen LogP contribution in [-0.2, 0) is 0 Å². The maximum atomic E-state index is 9.31. The molecule has 88 valence electrons. The van der Waals surface area contributed by atoms with Gasteiger partial charge in [-0.05, 0) is 12.1 Å². The molecule has 0 fully saturated rings. The summed E-state index contributed by atoms with van der Waals surface area (Å²) in [6, 6.07) is 19.7. The van der Waals surface area contributed by atoms with Gasteiger partial charge >= 0.3 is 58.0 Å². The Morgan fingerprint density at radius 1 is 0.833 bits per heavy atom. The number of hydrogen-bond acceptors (Lipinski definition) is 2. The number of pyridine rings is 1. The van der Waals surface area contributed by atoms with E-state index in [0.29, 0.717) is 29.9 Å². The number of phenolic OH excluding ortho intramolecular Hbond substituents is 1. The van der Waals surface area contributed by atoms with Crippen LogP contribution in [0.15, 0.2) is 66.9 Å². The summed E-state index contributed by atoms with van der Waals surface area (Å²) in [6.45, 7) is 0.